The topological polar surface area (TPSA) is 111 Å². The summed E-state index contributed by atoms with van der Waals surface area (Å²) < 4.78 is 26.5. The normalized spacial score (nSPS) is 11.5. The summed E-state index contributed by atoms with van der Waals surface area (Å²) >= 11 is 0. The fourth-order valence-corrected chi connectivity index (χ4v) is 2.72. The quantitative estimate of drug-likeness (QED) is 0.293. The maximum atomic E-state index is 9.97. The van der Waals surface area contributed by atoms with Gasteiger partial charge in [0.25, 0.3) is 0 Å². The Morgan fingerprint density at radius 2 is 1.03 bits per heavy atom. The van der Waals surface area contributed by atoms with Crippen LogP contribution >= 0.6 is 0 Å². The van der Waals surface area contributed by atoms with Crippen LogP contribution in [0.5, 0.6) is 23.0 Å². The monoisotopic (exact) mass is 460 g/mol. The molecule has 0 heterocycles. The second-order valence-electron chi connectivity index (χ2n) is 6.70. The van der Waals surface area contributed by atoms with Crippen molar-refractivity contribution < 1.29 is 33.9 Å². The maximum absolute atomic E-state index is 9.97. The van der Waals surface area contributed by atoms with E-state index in [1.165, 1.54) is 14.2 Å². The number of phenolic OH excluding ortho intramolecular Hbond substituents is 2. The number of aliphatic imine (C=N–C) groups is 2. The number of nitrogens with zero attached hydrogens (tertiary/aromatic N) is 2. The molecular weight excluding hydrogens is 428 g/mol. The zero-order valence-electron chi connectivity index (χ0n) is 19.1. The van der Waals surface area contributed by atoms with E-state index in [-0.39, 0.29) is 11.5 Å². The second-order valence-corrected chi connectivity index (χ2v) is 6.70. The van der Waals surface area contributed by atoms with Gasteiger partial charge in [0.1, 0.15) is 0 Å². The maximum Gasteiger partial charge on any atom is 0.166 e. The average molecular weight is 461 g/mol. The first-order valence-corrected chi connectivity index (χ1v) is 10.6. The van der Waals surface area contributed by atoms with Gasteiger partial charge in [-0.15, -0.1) is 0 Å². The first kappa shape index (κ1) is 26.1. The van der Waals surface area contributed by atoms with Crippen molar-refractivity contribution >= 4 is 12.4 Å². The Morgan fingerprint density at radius 3 is 1.42 bits per heavy atom. The minimum atomic E-state index is 0.0725. The zero-order valence-corrected chi connectivity index (χ0v) is 19.1. The fourth-order valence-electron chi connectivity index (χ4n) is 2.72. The summed E-state index contributed by atoms with van der Waals surface area (Å²) in [6.45, 7) is 3.75. The molecule has 2 aromatic rings. The first-order chi connectivity index (χ1) is 16.2. The van der Waals surface area contributed by atoms with E-state index in [0.29, 0.717) is 75.4 Å². The summed E-state index contributed by atoms with van der Waals surface area (Å²) in [6, 6.07) is 10.5. The van der Waals surface area contributed by atoms with E-state index in [1.807, 2.05) is 0 Å². The Morgan fingerprint density at radius 1 is 0.636 bits per heavy atom. The van der Waals surface area contributed by atoms with Crippen LogP contribution in [0.25, 0.3) is 0 Å². The highest BCUT2D eigenvalue weighted by atomic mass is 16.5. The van der Waals surface area contributed by atoms with E-state index in [9.17, 15) is 10.2 Å². The summed E-state index contributed by atoms with van der Waals surface area (Å²) in [7, 11) is 3.01. The minimum absolute atomic E-state index is 0.0725. The average Bonchev–Trinajstić information content (AvgIpc) is 2.83. The van der Waals surface area contributed by atoms with Gasteiger partial charge in [0.2, 0.25) is 0 Å². The van der Waals surface area contributed by atoms with Crippen LogP contribution in [0, 0.1) is 0 Å². The number of rotatable bonds is 16. The molecule has 9 heteroatoms. The van der Waals surface area contributed by atoms with Gasteiger partial charge in [-0.1, -0.05) is 12.1 Å². The second kappa shape index (κ2) is 15.6. The number of aromatic hydroxyl groups is 2. The van der Waals surface area contributed by atoms with Crippen molar-refractivity contribution in [2.45, 2.75) is 0 Å². The number of methoxy groups -OCH3 is 2. The van der Waals surface area contributed by atoms with E-state index in [2.05, 4.69) is 9.98 Å². The Labute approximate surface area is 194 Å². The molecule has 9 nitrogen and oxygen atoms in total. The van der Waals surface area contributed by atoms with Crippen molar-refractivity contribution in [1.29, 1.82) is 0 Å². The van der Waals surface area contributed by atoms with Crippen LogP contribution in [0.3, 0.4) is 0 Å². The highest BCUT2D eigenvalue weighted by Gasteiger charge is 2.05. The Bertz CT molecular complexity index is 816. The highest BCUT2D eigenvalue weighted by molar-refractivity contribution is 5.85. The predicted octanol–water partition coefficient (Wildman–Crippen LogP) is 2.70. The number of para-hydroxylation sites is 2. The van der Waals surface area contributed by atoms with Gasteiger partial charge in [-0.25, -0.2) is 0 Å². The summed E-state index contributed by atoms with van der Waals surface area (Å²) in [5.74, 6) is 0.974. The van der Waals surface area contributed by atoms with E-state index >= 15 is 0 Å². The molecule has 0 fully saturated rings. The van der Waals surface area contributed by atoms with Gasteiger partial charge >= 0.3 is 0 Å². The van der Waals surface area contributed by atoms with Crippen LogP contribution in [-0.2, 0) is 14.2 Å². The highest BCUT2D eigenvalue weighted by Crippen LogP contribution is 2.28. The van der Waals surface area contributed by atoms with Gasteiger partial charge in [-0.05, 0) is 24.3 Å². The largest absolute Gasteiger partial charge is 0.504 e. The van der Waals surface area contributed by atoms with Crippen LogP contribution in [0.1, 0.15) is 11.1 Å². The number of ether oxygens (including phenoxy) is 5. The number of benzene rings is 2. The van der Waals surface area contributed by atoms with Crippen molar-refractivity contribution in [3.63, 3.8) is 0 Å². The number of phenols is 2. The summed E-state index contributed by atoms with van der Waals surface area (Å²) in [5, 5.41) is 19.9. The molecular formula is C24H32N2O7. The molecule has 0 aromatic heterocycles. The summed E-state index contributed by atoms with van der Waals surface area (Å²) in [6.07, 6.45) is 3.19. The smallest absolute Gasteiger partial charge is 0.166 e. The molecule has 0 spiro atoms. The van der Waals surface area contributed by atoms with Crippen molar-refractivity contribution in [3.05, 3.63) is 47.5 Å². The van der Waals surface area contributed by atoms with Crippen LogP contribution in [0.4, 0.5) is 0 Å². The molecule has 0 bridgehead atoms. The summed E-state index contributed by atoms with van der Waals surface area (Å²) in [4.78, 5) is 8.47. The minimum Gasteiger partial charge on any atom is -0.504 e. The van der Waals surface area contributed by atoms with Gasteiger partial charge in [0.15, 0.2) is 23.0 Å². The van der Waals surface area contributed by atoms with Crippen LogP contribution in [0.15, 0.2) is 46.4 Å². The molecule has 2 N–H and O–H groups in total. The third-order valence-electron chi connectivity index (χ3n) is 4.43. The lowest BCUT2D eigenvalue weighted by Gasteiger charge is -2.06. The van der Waals surface area contributed by atoms with Gasteiger partial charge in [-0.2, -0.15) is 0 Å². The molecule has 0 atom stereocenters. The van der Waals surface area contributed by atoms with E-state index in [0.717, 1.165) is 0 Å². The molecule has 0 saturated heterocycles. The molecule has 180 valence electrons. The molecule has 0 saturated carbocycles. The van der Waals surface area contributed by atoms with E-state index in [4.69, 9.17) is 23.7 Å². The SMILES string of the molecule is COc1cccc(C=NCCOCCOCCOCCN=Cc2cccc(OC)c2O)c1O. The number of hydrogen-bond donors (Lipinski definition) is 2. The lowest BCUT2D eigenvalue weighted by Crippen LogP contribution is -2.11. The molecule has 0 amide bonds. The Kier molecular flexibility index (Phi) is 12.4. The third-order valence-corrected chi connectivity index (χ3v) is 4.43. The van der Waals surface area contributed by atoms with Crippen LogP contribution in [-0.4, -0.2) is 89.6 Å². The van der Waals surface area contributed by atoms with Crippen molar-refractivity contribution in [3.8, 4) is 23.0 Å². The molecule has 0 aliphatic carbocycles. The molecule has 0 aliphatic heterocycles. The predicted molar refractivity (Wildman–Crippen MR) is 127 cm³/mol. The first-order valence-electron chi connectivity index (χ1n) is 10.6. The summed E-state index contributed by atoms with van der Waals surface area (Å²) in [5.41, 5.74) is 1.20. The standard InChI is InChI=1S/C24H32N2O7/c1-29-21-7-3-5-19(23(21)27)17-25-9-11-31-13-15-33-16-14-32-12-10-26-18-20-6-4-8-22(30-2)24(20)28/h3-8,17-18,27-28H,9-16H2,1-2H3. The zero-order chi connectivity index (χ0) is 23.7. The Hall–Kier alpha value is -3.14. The van der Waals surface area contributed by atoms with Gasteiger partial charge in [-0.3, -0.25) is 9.98 Å². The lowest BCUT2D eigenvalue weighted by molar-refractivity contribution is 0.0176. The third kappa shape index (κ3) is 9.48. The van der Waals surface area contributed by atoms with Crippen molar-refractivity contribution in [2.75, 3.05) is 67.0 Å². The Balaban J connectivity index is 1.44. The molecule has 2 aromatic carbocycles. The molecule has 0 aliphatic rings. The van der Waals surface area contributed by atoms with Gasteiger partial charge in [0, 0.05) is 23.6 Å². The molecule has 0 radical (unpaired) electrons. The lowest BCUT2D eigenvalue weighted by atomic mass is 10.2. The molecule has 33 heavy (non-hydrogen) atoms. The van der Waals surface area contributed by atoms with Crippen LogP contribution < -0.4 is 9.47 Å². The fraction of sp³-hybridized carbons (Fsp3) is 0.417. The van der Waals surface area contributed by atoms with Gasteiger partial charge < -0.3 is 33.9 Å². The van der Waals surface area contributed by atoms with Crippen LogP contribution in [0.2, 0.25) is 0 Å². The molecule has 2 rings (SSSR count). The number of hydrogen-bond acceptors (Lipinski definition) is 9. The van der Waals surface area contributed by atoms with E-state index in [1.54, 1.807) is 48.8 Å². The molecule has 0 unspecified atom stereocenters. The van der Waals surface area contributed by atoms with Gasteiger partial charge in [0.05, 0.1) is 67.0 Å². The van der Waals surface area contributed by atoms with E-state index < -0.39 is 0 Å². The van der Waals surface area contributed by atoms with Crippen molar-refractivity contribution in [1.82, 2.24) is 0 Å². The van der Waals surface area contributed by atoms with Crippen molar-refractivity contribution in [2.24, 2.45) is 9.98 Å².